The Bertz CT molecular complexity index is 926. The Morgan fingerprint density at radius 1 is 1.04 bits per heavy atom. The standard InChI is InChI=1S/C24H29N3O/c1-19-5-2-3-6-22(19)17-27-13-12-26(18-23(27)10-14-28)16-20-8-9-24-21(15-20)7-4-11-25-24/h2-9,11,15,23,28H,10,12-14,16-18H2,1H3/t23-/m1/s1. The largest absolute Gasteiger partial charge is 0.396 e. The minimum atomic E-state index is 0.240. The van der Waals surface area contributed by atoms with Gasteiger partial charge in [-0.05, 0) is 48.2 Å². The Labute approximate surface area is 167 Å². The number of aryl methyl sites for hydroxylation is 1. The number of benzene rings is 2. The minimum absolute atomic E-state index is 0.240. The van der Waals surface area contributed by atoms with Crippen molar-refractivity contribution in [2.75, 3.05) is 26.2 Å². The van der Waals surface area contributed by atoms with Crippen LogP contribution in [0.5, 0.6) is 0 Å². The van der Waals surface area contributed by atoms with E-state index in [-0.39, 0.29) is 6.61 Å². The maximum absolute atomic E-state index is 9.60. The summed E-state index contributed by atoms with van der Waals surface area (Å²) in [5.41, 5.74) is 5.11. The topological polar surface area (TPSA) is 39.6 Å². The number of hydrogen-bond acceptors (Lipinski definition) is 4. The quantitative estimate of drug-likeness (QED) is 0.714. The van der Waals surface area contributed by atoms with Crippen LogP contribution < -0.4 is 0 Å². The van der Waals surface area contributed by atoms with Gasteiger partial charge in [-0.2, -0.15) is 0 Å². The Morgan fingerprint density at radius 2 is 1.93 bits per heavy atom. The smallest absolute Gasteiger partial charge is 0.0702 e. The average molecular weight is 376 g/mol. The summed E-state index contributed by atoms with van der Waals surface area (Å²) in [5, 5.41) is 10.8. The Kier molecular flexibility index (Phi) is 6.01. The zero-order chi connectivity index (χ0) is 19.3. The number of aliphatic hydroxyl groups is 1. The lowest BCUT2D eigenvalue weighted by Gasteiger charge is -2.41. The maximum atomic E-state index is 9.60. The van der Waals surface area contributed by atoms with E-state index in [9.17, 15) is 5.11 Å². The molecule has 0 radical (unpaired) electrons. The fourth-order valence-corrected chi connectivity index (χ4v) is 4.22. The van der Waals surface area contributed by atoms with Gasteiger partial charge in [0.15, 0.2) is 0 Å². The lowest BCUT2D eigenvalue weighted by atomic mass is 10.0. The molecular weight excluding hydrogens is 346 g/mol. The van der Waals surface area contributed by atoms with Crippen LogP contribution in [0.25, 0.3) is 10.9 Å². The van der Waals surface area contributed by atoms with Crippen molar-refractivity contribution in [2.45, 2.75) is 32.5 Å². The van der Waals surface area contributed by atoms with Crippen molar-refractivity contribution in [1.82, 2.24) is 14.8 Å². The lowest BCUT2D eigenvalue weighted by molar-refractivity contribution is 0.0499. The summed E-state index contributed by atoms with van der Waals surface area (Å²) in [4.78, 5) is 9.48. The van der Waals surface area contributed by atoms with Crippen LogP contribution in [-0.2, 0) is 13.1 Å². The summed E-state index contributed by atoms with van der Waals surface area (Å²) < 4.78 is 0. The van der Waals surface area contributed by atoms with Crippen molar-refractivity contribution >= 4 is 10.9 Å². The first-order chi connectivity index (χ1) is 13.7. The molecule has 0 aliphatic carbocycles. The van der Waals surface area contributed by atoms with E-state index >= 15 is 0 Å². The number of aliphatic hydroxyl groups excluding tert-OH is 1. The second-order valence-electron chi connectivity index (χ2n) is 7.83. The molecule has 0 saturated carbocycles. The van der Waals surface area contributed by atoms with Gasteiger partial charge in [0, 0.05) is 57.0 Å². The number of nitrogens with zero attached hydrogens (tertiary/aromatic N) is 3. The van der Waals surface area contributed by atoms with Crippen LogP contribution in [0.2, 0.25) is 0 Å². The molecule has 0 spiro atoms. The van der Waals surface area contributed by atoms with E-state index in [0.717, 1.165) is 44.7 Å². The van der Waals surface area contributed by atoms with Crippen molar-refractivity contribution in [3.8, 4) is 0 Å². The molecule has 1 aliphatic rings. The van der Waals surface area contributed by atoms with Crippen LogP contribution in [0.1, 0.15) is 23.1 Å². The normalized spacial score (nSPS) is 18.6. The molecule has 0 amide bonds. The molecule has 2 aromatic carbocycles. The van der Waals surface area contributed by atoms with Crippen LogP contribution in [0.3, 0.4) is 0 Å². The van der Waals surface area contributed by atoms with Gasteiger partial charge in [0.2, 0.25) is 0 Å². The molecule has 1 fully saturated rings. The van der Waals surface area contributed by atoms with Gasteiger partial charge in [-0.15, -0.1) is 0 Å². The molecule has 1 saturated heterocycles. The fourth-order valence-electron chi connectivity index (χ4n) is 4.22. The van der Waals surface area contributed by atoms with Gasteiger partial charge in [-0.1, -0.05) is 36.4 Å². The summed E-state index contributed by atoms with van der Waals surface area (Å²) >= 11 is 0. The number of fused-ring (bicyclic) bond motifs is 1. The van der Waals surface area contributed by atoms with Crippen molar-refractivity contribution in [3.63, 3.8) is 0 Å². The highest BCUT2D eigenvalue weighted by Gasteiger charge is 2.27. The summed E-state index contributed by atoms with van der Waals surface area (Å²) in [7, 11) is 0. The molecule has 1 aliphatic heterocycles. The van der Waals surface area contributed by atoms with Gasteiger partial charge in [-0.25, -0.2) is 0 Å². The molecule has 0 bridgehead atoms. The summed E-state index contributed by atoms with van der Waals surface area (Å²) in [6.45, 7) is 7.42. The van der Waals surface area contributed by atoms with Crippen molar-refractivity contribution < 1.29 is 5.11 Å². The minimum Gasteiger partial charge on any atom is -0.396 e. The molecule has 1 aromatic heterocycles. The molecule has 3 aromatic rings. The average Bonchev–Trinajstić information content (AvgIpc) is 2.71. The van der Waals surface area contributed by atoms with E-state index in [4.69, 9.17) is 0 Å². The molecule has 4 rings (SSSR count). The molecule has 2 heterocycles. The third kappa shape index (κ3) is 4.41. The zero-order valence-corrected chi connectivity index (χ0v) is 16.6. The van der Waals surface area contributed by atoms with E-state index in [1.54, 1.807) is 0 Å². The molecule has 28 heavy (non-hydrogen) atoms. The van der Waals surface area contributed by atoms with Gasteiger partial charge in [0.1, 0.15) is 0 Å². The number of pyridine rings is 1. The van der Waals surface area contributed by atoms with Crippen molar-refractivity contribution in [2.24, 2.45) is 0 Å². The summed E-state index contributed by atoms with van der Waals surface area (Å²) in [5.74, 6) is 0. The molecule has 4 nitrogen and oxygen atoms in total. The Hall–Kier alpha value is -2.27. The van der Waals surface area contributed by atoms with Crippen LogP contribution >= 0.6 is 0 Å². The van der Waals surface area contributed by atoms with E-state index in [2.05, 4.69) is 70.2 Å². The predicted octanol–water partition coefficient (Wildman–Crippen LogP) is 3.61. The highest BCUT2D eigenvalue weighted by molar-refractivity contribution is 5.78. The van der Waals surface area contributed by atoms with E-state index in [1.807, 2.05) is 12.3 Å². The number of piperazine rings is 1. The summed E-state index contributed by atoms with van der Waals surface area (Å²) in [6, 6.07) is 19.7. The lowest BCUT2D eigenvalue weighted by Crippen LogP contribution is -2.52. The van der Waals surface area contributed by atoms with Gasteiger partial charge >= 0.3 is 0 Å². The molecule has 4 heteroatoms. The van der Waals surface area contributed by atoms with Gasteiger partial charge in [0.25, 0.3) is 0 Å². The van der Waals surface area contributed by atoms with Crippen molar-refractivity contribution in [1.29, 1.82) is 0 Å². The summed E-state index contributed by atoms with van der Waals surface area (Å²) in [6.07, 6.45) is 2.67. The van der Waals surface area contributed by atoms with Gasteiger partial charge in [-0.3, -0.25) is 14.8 Å². The first-order valence-electron chi connectivity index (χ1n) is 10.2. The van der Waals surface area contributed by atoms with Crippen LogP contribution in [0, 0.1) is 6.92 Å². The van der Waals surface area contributed by atoms with Gasteiger partial charge < -0.3 is 5.11 Å². The fraction of sp³-hybridized carbons (Fsp3) is 0.375. The number of rotatable bonds is 6. The van der Waals surface area contributed by atoms with E-state index < -0.39 is 0 Å². The van der Waals surface area contributed by atoms with Crippen LogP contribution in [-0.4, -0.2) is 52.2 Å². The van der Waals surface area contributed by atoms with E-state index in [0.29, 0.717) is 6.04 Å². The SMILES string of the molecule is Cc1ccccc1CN1CCN(Cc2ccc3ncccc3c2)C[C@H]1CCO. The van der Waals surface area contributed by atoms with Gasteiger partial charge in [0.05, 0.1) is 5.52 Å². The van der Waals surface area contributed by atoms with Crippen LogP contribution in [0.15, 0.2) is 60.8 Å². The van der Waals surface area contributed by atoms with Crippen molar-refractivity contribution in [3.05, 3.63) is 77.5 Å². The third-order valence-electron chi connectivity index (χ3n) is 5.86. The van der Waals surface area contributed by atoms with Crippen LogP contribution in [0.4, 0.5) is 0 Å². The predicted molar refractivity (Wildman–Crippen MR) is 114 cm³/mol. The number of hydrogen-bond donors (Lipinski definition) is 1. The third-order valence-corrected chi connectivity index (χ3v) is 5.86. The molecule has 0 unspecified atom stereocenters. The second kappa shape index (κ2) is 8.82. The Balaban J connectivity index is 1.44. The number of aromatic nitrogens is 1. The molecular formula is C24H29N3O. The Morgan fingerprint density at radius 3 is 2.79 bits per heavy atom. The highest BCUT2D eigenvalue weighted by atomic mass is 16.3. The molecule has 1 atom stereocenters. The maximum Gasteiger partial charge on any atom is 0.0702 e. The monoisotopic (exact) mass is 375 g/mol. The zero-order valence-electron chi connectivity index (χ0n) is 16.6. The molecule has 1 N–H and O–H groups in total. The highest BCUT2D eigenvalue weighted by Crippen LogP contribution is 2.21. The first-order valence-corrected chi connectivity index (χ1v) is 10.2. The van der Waals surface area contributed by atoms with E-state index in [1.165, 1.54) is 22.1 Å². The first kappa shape index (κ1) is 19.1. The molecule has 146 valence electrons. The second-order valence-corrected chi connectivity index (χ2v) is 7.83.